The average Bonchev–Trinajstić information content (AvgIpc) is 3.06. The van der Waals surface area contributed by atoms with E-state index in [4.69, 9.17) is 9.47 Å². The van der Waals surface area contributed by atoms with Crippen LogP contribution in [0.5, 0.6) is 11.5 Å². The monoisotopic (exact) mass is 532 g/mol. The van der Waals surface area contributed by atoms with Crippen molar-refractivity contribution in [2.75, 3.05) is 6.61 Å². The molecule has 200 valence electrons. The Bertz CT molecular complexity index is 1580. The minimum absolute atomic E-state index is 0.532. The van der Waals surface area contributed by atoms with Crippen molar-refractivity contribution in [3.63, 3.8) is 0 Å². The lowest BCUT2D eigenvalue weighted by atomic mass is 9.80. The molecule has 0 bridgehead atoms. The molecule has 0 saturated carbocycles. The van der Waals surface area contributed by atoms with E-state index in [1.54, 1.807) is 0 Å². The van der Waals surface area contributed by atoms with E-state index in [1.165, 1.54) is 0 Å². The van der Waals surface area contributed by atoms with E-state index in [0.29, 0.717) is 6.61 Å². The molecule has 6 aromatic carbocycles. The van der Waals surface area contributed by atoms with Gasteiger partial charge >= 0.3 is 0 Å². The van der Waals surface area contributed by atoms with E-state index in [1.807, 2.05) is 37.3 Å². The molecular formula is C39H32O2. The lowest BCUT2D eigenvalue weighted by Gasteiger charge is -2.37. The van der Waals surface area contributed by atoms with Crippen LogP contribution in [0.3, 0.4) is 0 Å². The first kappa shape index (κ1) is 26.2. The molecule has 0 aliphatic rings. The fourth-order valence-corrected chi connectivity index (χ4v) is 5.53. The summed E-state index contributed by atoms with van der Waals surface area (Å²) in [6.07, 6.45) is 0. The normalized spacial score (nSPS) is 11.1. The van der Waals surface area contributed by atoms with Crippen molar-refractivity contribution in [2.45, 2.75) is 12.5 Å². The Morgan fingerprint density at radius 1 is 0.463 bits per heavy atom. The molecule has 41 heavy (non-hydrogen) atoms. The second-order valence-electron chi connectivity index (χ2n) is 9.86. The van der Waals surface area contributed by atoms with Gasteiger partial charge in [-0.05, 0) is 30.2 Å². The van der Waals surface area contributed by atoms with Crippen LogP contribution in [-0.2, 0) is 5.60 Å². The number of rotatable bonds is 9. The zero-order valence-electron chi connectivity index (χ0n) is 23.1. The van der Waals surface area contributed by atoms with E-state index < -0.39 is 5.60 Å². The Kier molecular flexibility index (Phi) is 7.64. The first-order chi connectivity index (χ1) is 20.3. The van der Waals surface area contributed by atoms with Crippen molar-refractivity contribution in [3.8, 4) is 33.8 Å². The predicted molar refractivity (Wildman–Crippen MR) is 168 cm³/mol. The lowest BCUT2D eigenvalue weighted by molar-refractivity contribution is 0.155. The lowest BCUT2D eigenvalue weighted by Crippen LogP contribution is -2.36. The minimum Gasteiger partial charge on any atom is -0.492 e. The van der Waals surface area contributed by atoms with Crippen molar-refractivity contribution >= 4 is 0 Å². The Morgan fingerprint density at radius 2 is 0.878 bits per heavy atom. The van der Waals surface area contributed by atoms with Crippen LogP contribution in [-0.4, -0.2) is 6.61 Å². The summed E-state index contributed by atoms with van der Waals surface area (Å²) in [5, 5.41) is 0. The van der Waals surface area contributed by atoms with Crippen molar-refractivity contribution in [1.29, 1.82) is 0 Å². The summed E-state index contributed by atoms with van der Waals surface area (Å²) in [5.74, 6) is 1.56. The molecule has 0 unspecified atom stereocenters. The highest BCUT2D eigenvalue weighted by molar-refractivity contribution is 5.86. The molecular weight excluding hydrogens is 500 g/mol. The molecule has 0 aliphatic carbocycles. The van der Waals surface area contributed by atoms with Crippen molar-refractivity contribution < 1.29 is 9.47 Å². The van der Waals surface area contributed by atoms with E-state index in [2.05, 4.69) is 133 Å². The maximum absolute atomic E-state index is 7.44. The predicted octanol–water partition coefficient (Wildman–Crippen LogP) is 9.79. The van der Waals surface area contributed by atoms with E-state index in [0.717, 1.165) is 50.4 Å². The van der Waals surface area contributed by atoms with Crippen LogP contribution in [0.25, 0.3) is 22.3 Å². The number of ether oxygens (including phenoxy) is 2. The summed E-state index contributed by atoms with van der Waals surface area (Å²) < 4.78 is 13.9. The van der Waals surface area contributed by atoms with Gasteiger partial charge in [0, 0.05) is 22.3 Å². The first-order valence-corrected chi connectivity index (χ1v) is 14.1. The van der Waals surface area contributed by atoms with Gasteiger partial charge in [0.2, 0.25) is 0 Å². The van der Waals surface area contributed by atoms with Gasteiger partial charge in [-0.25, -0.2) is 0 Å². The quantitative estimate of drug-likeness (QED) is 0.173. The van der Waals surface area contributed by atoms with Crippen LogP contribution in [0.2, 0.25) is 0 Å². The van der Waals surface area contributed by atoms with Crippen molar-refractivity contribution in [1.82, 2.24) is 0 Å². The number of benzene rings is 6. The molecule has 0 aliphatic heterocycles. The highest BCUT2D eigenvalue weighted by Gasteiger charge is 2.40. The molecule has 2 heteroatoms. The fourth-order valence-electron chi connectivity index (χ4n) is 5.53. The van der Waals surface area contributed by atoms with Gasteiger partial charge in [-0.1, -0.05) is 152 Å². The van der Waals surface area contributed by atoms with Crippen LogP contribution in [0.15, 0.2) is 164 Å². The van der Waals surface area contributed by atoms with Gasteiger partial charge in [0.1, 0.15) is 11.5 Å². The summed E-state index contributed by atoms with van der Waals surface area (Å²) in [4.78, 5) is 0. The van der Waals surface area contributed by atoms with E-state index >= 15 is 0 Å². The van der Waals surface area contributed by atoms with Crippen LogP contribution >= 0.6 is 0 Å². The van der Waals surface area contributed by atoms with Gasteiger partial charge < -0.3 is 9.47 Å². The van der Waals surface area contributed by atoms with E-state index in [-0.39, 0.29) is 0 Å². The molecule has 0 N–H and O–H groups in total. The summed E-state index contributed by atoms with van der Waals surface area (Å²) >= 11 is 0. The Balaban J connectivity index is 1.67. The van der Waals surface area contributed by atoms with Gasteiger partial charge in [-0.3, -0.25) is 0 Å². The molecule has 0 saturated heterocycles. The molecule has 0 atom stereocenters. The summed E-state index contributed by atoms with van der Waals surface area (Å²) in [5.41, 5.74) is 6.31. The zero-order chi connectivity index (χ0) is 27.9. The highest BCUT2D eigenvalue weighted by Crippen LogP contribution is 2.49. The highest BCUT2D eigenvalue weighted by atomic mass is 16.5. The van der Waals surface area contributed by atoms with Crippen molar-refractivity contribution in [3.05, 3.63) is 180 Å². The van der Waals surface area contributed by atoms with Gasteiger partial charge in [-0.2, -0.15) is 0 Å². The van der Waals surface area contributed by atoms with Crippen LogP contribution in [0.4, 0.5) is 0 Å². The van der Waals surface area contributed by atoms with Crippen LogP contribution in [0.1, 0.15) is 23.6 Å². The van der Waals surface area contributed by atoms with Gasteiger partial charge in [0.05, 0.1) is 12.2 Å². The van der Waals surface area contributed by atoms with Crippen LogP contribution < -0.4 is 9.47 Å². The molecule has 0 radical (unpaired) electrons. The Hall–Kier alpha value is -5.08. The Labute approximate surface area is 242 Å². The molecule has 6 aromatic rings. The third-order valence-corrected chi connectivity index (χ3v) is 7.36. The number of hydrogen-bond acceptors (Lipinski definition) is 2. The molecule has 0 heterocycles. The first-order valence-electron chi connectivity index (χ1n) is 14.1. The van der Waals surface area contributed by atoms with Crippen LogP contribution in [0, 0.1) is 0 Å². The summed E-state index contributed by atoms with van der Waals surface area (Å²) in [7, 11) is 0. The smallest absolute Gasteiger partial charge is 0.184 e. The molecule has 0 fully saturated rings. The fraction of sp³-hybridized carbons (Fsp3) is 0.0769. The van der Waals surface area contributed by atoms with Gasteiger partial charge in [0.25, 0.3) is 0 Å². The SMILES string of the molecule is CCOc1c(-c2ccccc2)ccc(OC(c2ccccc2)(c2ccccc2)c2ccccc2)c1-c1ccccc1. The maximum atomic E-state index is 7.44. The zero-order valence-corrected chi connectivity index (χ0v) is 23.1. The largest absolute Gasteiger partial charge is 0.492 e. The second kappa shape index (κ2) is 12.0. The summed E-state index contributed by atoms with van der Waals surface area (Å²) in [6, 6.07) is 56.4. The standard InChI is InChI=1S/C39H32O2/c1-2-40-38-35(30-18-8-3-9-19-30)28-29-36(37(38)31-20-10-4-11-21-31)41-39(32-22-12-5-13-23-32,33-24-14-6-15-25-33)34-26-16-7-17-27-34/h3-29H,2H2,1H3. The minimum atomic E-state index is -0.912. The summed E-state index contributed by atoms with van der Waals surface area (Å²) in [6.45, 7) is 2.56. The molecule has 0 spiro atoms. The van der Waals surface area contributed by atoms with E-state index in [9.17, 15) is 0 Å². The third kappa shape index (κ3) is 5.13. The molecule has 2 nitrogen and oxygen atoms in total. The topological polar surface area (TPSA) is 18.5 Å². The van der Waals surface area contributed by atoms with Crippen molar-refractivity contribution in [2.24, 2.45) is 0 Å². The maximum Gasteiger partial charge on any atom is 0.184 e. The van der Waals surface area contributed by atoms with Gasteiger partial charge in [0.15, 0.2) is 5.60 Å². The average molecular weight is 533 g/mol. The van der Waals surface area contributed by atoms with Gasteiger partial charge in [-0.15, -0.1) is 0 Å². The molecule has 6 rings (SSSR count). The molecule has 0 amide bonds. The molecule has 0 aromatic heterocycles. The second-order valence-corrected chi connectivity index (χ2v) is 9.86. The Morgan fingerprint density at radius 3 is 1.32 bits per heavy atom. The third-order valence-electron chi connectivity index (χ3n) is 7.36. The number of hydrogen-bond donors (Lipinski definition) is 0.